The number of rotatable bonds is 3. The summed E-state index contributed by atoms with van der Waals surface area (Å²) in [7, 11) is 0. The molecule has 1 nitrogen and oxygen atoms in total. The van der Waals surface area contributed by atoms with E-state index in [-0.39, 0.29) is 0 Å². The molecule has 0 bridgehead atoms. The maximum atomic E-state index is 2.58. The Kier molecular flexibility index (Phi) is 3.21. The van der Waals surface area contributed by atoms with Crippen molar-refractivity contribution in [3.05, 3.63) is 65.2 Å². The van der Waals surface area contributed by atoms with E-state index in [1.807, 2.05) is 0 Å². The normalized spacial score (nSPS) is 21.8. The molecule has 1 atom stereocenters. The Balaban J connectivity index is 1.58. The van der Waals surface area contributed by atoms with Gasteiger partial charge in [-0.2, -0.15) is 0 Å². The fourth-order valence-corrected chi connectivity index (χ4v) is 3.57. The van der Waals surface area contributed by atoms with Crippen molar-refractivity contribution in [3.63, 3.8) is 0 Å². The summed E-state index contributed by atoms with van der Waals surface area (Å²) >= 11 is 0. The predicted octanol–water partition coefficient (Wildman–Crippen LogP) is 5.21. The van der Waals surface area contributed by atoms with Gasteiger partial charge in [0.15, 0.2) is 0 Å². The van der Waals surface area contributed by atoms with Crippen LogP contribution in [0.5, 0.6) is 0 Å². The van der Waals surface area contributed by atoms with E-state index in [4.69, 9.17) is 0 Å². The van der Waals surface area contributed by atoms with Gasteiger partial charge in [-0.15, -0.1) is 0 Å². The molecule has 21 heavy (non-hydrogen) atoms. The number of hydrogen-bond acceptors (Lipinski definition) is 1. The molecule has 0 amide bonds. The number of nitrogens with zero attached hydrogens (tertiary/aromatic N) is 1. The summed E-state index contributed by atoms with van der Waals surface area (Å²) in [5.74, 6) is 0.852. The van der Waals surface area contributed by atoms with E-state index in [1.165, 1.54) is 54.6 Å². The van der Waals surface area contributed by atoms with Gasteiger partial charge in [0, 0.05) is 12.2 Å². The average molecular weight is 277 g/mol. The largest absolute Gasteiger partial charge is 0.364 e. The van der Waals surface area contributed by atoms with E-state index in [0.717, 1.165) is 5.92 Å². The molecule has 0 unspecified atom stereocenters. The minimum atomic E-state index is 0.553. The predicted molar refractivity (Wildman–Crippen MR) is 88.9 cm³/mol. The molecule has 2 fully saturated rings. The van der Waals surface area contributed by atoms with Crippen LogP contribution in [-0.4, -0.2) is 6.54 Å². The van der Waals surface area contributed by atoms with Crippen molar-refractivity contribution in [2.75, 3.05) is 11.4 Å². The van der Waals surface area contributed by atoms with Gasteiger partial charge < -0.3 is 4.90 Å². The van der Waals surface area contributed by atoms with Crippen LogP contribution < -0.4 is 4.90 Å². The summed E-state index contributed by atoms with van der Waals surface area (Å²) in [4.78, 5) is 2.58. The van der Waals surface area contributed by atoms with Crippen LogP contribution in [0, 0.1) is 6.92 Å². The van der Waals surface area contributed by atoms with Crippen molar-refractivity contribution in [2.24, 2.45) is 0 Å². The van der Waals surface area contributed by atoms with Crippen LogP contribution >= 0.6 is 0 Å². The van der Waals surface area contributed by atoms with E-state index in [2.05, 4.69) is 60.4 Å². The molecule has 1 saturated heterocycles. The molecular formula is C20H23N. The van der Waals surface area contributed by atoms with Gasteiger partial charge in [-0.1, -0.05) is 42.0 Å². The lowest BCUT2D eigenvalue weighted by atomic mass is 10.0. The van der Waals surface area contributed by atoms with Gasteiger partial charge in [-0.25, -0.2) is 0 Å². The SMILES string of the molecule is Cc1ccc([C@H]2CCCN2c2ccc(C3CC3)cc2)cc1. The van der Waals surface area contributed by atoms with Crippen LogP contribution in [0.15, 0.2) is 48.5 Å². The zero-order chi connectivity index (χ0) is 14.2. The van der Waals surface area contributed by atoms with Crippen molar-refractivity contribution < 1.29 is 0 Å². The minimum Gasteiger partial charge on any atom is -0.364 e. The fraction of sp³-hybridized carbons (Fsp3) is 0.400. The molecule has 1 aliphatic carbocycles. The summed E-state index contributed by atoms with van der Waals surface area (Å²) in [5, 5.41) is 0. The molecule has 1 aliphatic heterocycles. The lowest BCUT2D eigenvalue weighted by molar-refractivity contribution is 0.719. The Labute approximate surface area is 127 Å². The summed E-state index contributed by atoms with van der Waals surface area (Å²) in [6.07, 6.45) is 5.33. The molecule has 2 aliphatic rings. The molecule has 1 heteroatoms. The molecule has 2 aromatic carbocycles. The maximum Gasteiger partial charge on any atom is 0.0543 e. The molecule has 2 aromatic rings. The molecule has 4 rings (SSSR count). The topological polar surface area (TPSA) is 3.24 Å². The Morgan fingerprint density at radius 1 is 0.810 bits per heavy atom. The van der Waals surface area contributed by atoms with Crippen molar-refractivity contribution in [1.29, 1.82) is 0 Å². The summed E-state index contributed by atoms with van der Waals surface area (Å²) in [5.41, 5.74) is 5.73. The smallest absolute Gasteiger partial charge is 0.0543 e. The third-order valence-electron chi connectivity index (χ3n) is 4.99. The zero-order valence-electron chi connectivity index (χ0n) is 12.8. The van der Waals surface area contributed by atoms with Crippen molar-refractivity contribution in [2.45, 2.75) is 44.6 Å². The number of aryl methyl sites for hydroxylation is 1. The second-order valence-corrected chi connectivity index (χ2v) is 6.63. The first-order valence-corrected chi connectivity index (χ1v) is 8.24. The first-order chi connectivity index (χ1) is 10.3. The Bertz CT molecular complexity index is 607. The van der Waals surface area contributed by atoms with E-state index >= 15 is 0 Å². The van der Waals surface area contributed by atoms with E-state index < -0.39 is 0 Å². The highest BCUT2D eigenvalue weighted by Gasteiger charge is 2.27. The Morgan fingerprint density at radius 3 is 2.14 bits per heavy atom. The van der Waals surface area contributed by atoms with Crippen LogP contribution in [-0.2, 0) is 0 Å². The van der Waals surface area contributed by atoms with Crippen LogP contribution in [0.3, 0.4) is 0 Å². The van der Waals surface area contributed by atoms with E-state index in [9.17, 15) is 0 Å². The van der Waals surface area contributed by atoms with Crippen LogP contribution in [0.4, 0.5) is 5.69 Å². The lowest BCUT2D eigenvalue weighted by Gasteiger charge is -2.27. The lowest BCUT2D eigenvalue weighted by Crippen LogP contribution is -2.22. The van der Waals surface area contributed by atoms with Crippen LogP contribution in [0.1, 0.15) is 54.3 Å². The summed E-state index contributed by atoms with van der Waals surface area (Å²) in [6, 6.07) is 19.0. The molecular weight excluding hydrogens is 254 g/mol. The van der Waals surface area contributed by atoms with Gasteiger partial charge in [0.2, 0.25) is 0 Å². The molecule has 1 saturated carbocycles. The minimum absolute atomic E-state index is 0.553. The number of anilines is 1. The maximum absolute atomic E-state index is 2.58. The zero-order valence-corrected chi connectivity index (χ0v) is 12.8. The van der Waals surface area contributed by atoms with E-state index in [1.54, 1.807) is 0 Å². The van der Waals surface area contributed by atoms with Gasteiger partial charge in [-0.3, -0.25) is 0 Å². The van der Waals surface area contributed by atoms with Gasteiger partial charge in [0.05, 0.1) is 6.04 Å². The number of benzene rings is 2. The summed E-state index contributed by atoms with van der Waals surface area (Å²) < 4.78 is 0. The molecule has 0 aromatic heterocycles. The highest BCUT2D eigenvalue weighted by molar-refractivity contribution is 5.52. The molecule has 0 spiro atoms. The second-order valence-electron chi connectivity index (χ2n) is 6.63. The summed E-state index contributed by atoms with van der Waals surface area (Å²) in [6.45, 7) is 3.34. The molecule has 0 radical (unpaired) electrons. The first kappa shape index (κ1) is 12.9. The highest BCUT2D eigenvalue weighted by Crippen LogP contribution is 2.41. The van der Waals surface area contributed by atoms with Gasteiger partial charge >= 0.3 is 0 Å². The van der Waals surface area contributed by atoms with E-state index in [0.29, 0.717) is 6.04 Å². The van der Waals surface area contributed by atoms with Gasteiger partial charge in [-0.05, 0) is 61.8 Å². The van der Waals surface area contributed by atoms with Crippen molar-refractivity contribution in [1.82, 2.24) is 0 Å². The Hall–Kier alpha value is -1.76. The standard InChI is InChI=1S/C20H23N/c1-15-4-6-18(7-5-15)20-3-2-14-21(20)19-12-10-17(11-13-19)16-8-9-16/h4-7,10-13,16,20H,2-3,8-9,14H2,1H3/t20-/m1/s1. The fourth-order valence-electron chi connectivity index (χ4n) is 3.57. The third-order valence-corrected chi connectivity index (χ3v) is 4.99. The number of hydrogen-bond donors (Lipinski definition) is 0. The Morgan fingerprint density at radius 2 is 1.48 bits per heavy atom. The quantitative estimate of drug-likeness (QED) is 0.744. The molecule has 1 heterocycles. The average Bonchev–Trinajstić information content (AvgIpc) is 3.26. The third kappa shape index (κ3) is 2.57. The van der Waals surface area contributed by atoms with Gasteiger partial charge in [0.1, 0.15) is 0 Å². The molecule has 108 valence electrons. The van der Waals surface area contributed by atoms with Crippen molar-refractivity contribution in [3.8, 4) is 0 Å². The van der Waals surface area contributed by atoms with Crippen LogP contribution in [0.25, 0.3) is 0 Å². The highest BCUT2D eigenvalue weighted by atomic mass is 15.2. The second kappa shape index (κ2) is 5.22. The monoisotopic (exact) mass is 277 g/mol. The van der Waals surface area contributed by atoms with Crippen LogP contribution in [0.2, 0.25) is 0 Å². The van der Waals surface area contributed by atoms with Gasteiger partial charge in [0.25, 0.3) is 0 Å². The first-order valence-electron chi connectivity index (χ1n) is 8.24. The van der Waals surface area contributed by atoms with Crippen molar-refractivity contribution >= 4 is 5.69 Å². The molecule has 0 N–H and O–H groups in total.